The van der Waals surface area contributed by atoms with Gasteiger partial charge in [0, 0.05) is 6.08 Å². The van der Waals surface area contributed by atoms with Gasteiger partial charge in [0.2, 0.25) is 0 Å². The van der Waals surface area contributed by atoms with E-state index >= 15 is 0 Å². The quantitative estimate of drug-likeness (QED) is 0.124. The minimum atomic E-state index is -1.41. The van der Waals surface area contributed by atoms with Gasteiger partial charge < -0.3 is 14.6 Å². The molecule has 0 fully saturated rings. The molecule has 1 radical (unpaired) electrons. The standard InChI is InChI=1S/2C8H17.C6H8O4.Sn/c2*1-3-5-7-8-6-4-2;1-2-10-6(9)4-3-5(7)8;/h2*1,3-8H2,2H3;3-4H,2H2,1H3,(H,7,8);/q;;;+1/p-1/b;;4-3-;. The summed E-state index contributed by atoms with van der Waals surface area (Å²) in [5, 5.41) is 9.70. The van der Waals surface area contributed by atoms with Crippen molar-refractivity contribution in [2.24, 2.45) is 0 Å². The molecule has 4 nitrogen and oxygen atoms in total. The van der Waals surface area contributed by atoms with E-state index in [1.807, 2.05) is 0 Å². The first-order valence-corrected chi connectivity index (χ1v) is 14.9. The third-order valence-corrected chi connectivity index (χ3v) is 8.09. The van der Waals surface area contributed by atoms with Gasteiger partial charge in [0.05, 0.1) is 12.6 Å². The SMILES string of the molecule is CCCCCCC[CH2][Sn+][CH2]CCCCCCC.CCOC(=O)/C=C\C(=O)[O-]. The summed E-state index contributed by atoms with van der Waals surface area (Å²) < 4.78 is 7.69. The third-order valence-electron chi connectivity index (χ3n) is 4.06. The van der Waals surface area contributed by atoms with Crippen LogP contribution in [0.5, 0.6) is 0 Å². The zero-order chi connectivity index (χ0) is 20.6. The van der Waals surface area contributed by atoms with Crippen molar-refractivity contribution >= 4 is 33.1 Å². The number of carbonyl (C=O) groups excluding carboxylic acids is 2. The van der Waals surface area contributed by atoms with Crippen molar-refractivity contribution in [3.63, 3.8) is 0 Å². The second kappa shape index (κ2) is 25.5. The van der Waals surface area contributed by atoms with Crippen LogP contribution >= 0.6 is 0 Å². The summed E-state index contributed by atoms with van der Waals surface area (Å²) in [5.41, 5.74) is 0. The zero-order valence-electron chi connectivity index (χ0n) is 17.9. The smallest absolute Gasteiger partial charge is 0.330 e. The number of hydrogen-bond acceptors (Lipinski definition) is 4. The molecule has 0 unspecified atom stereocenters. The summed E-state index contributed by atoms with van der Waals surface area (Å²) in [5.74, 6) is -2.08. The molecule has 5 heteroatoms. The Morgan fingerprint density at radius 1 is 0.741 bits per heavy atom. The van der Waals surface area contributed by atoms with E-state index in [1.54, 1.807) is 28.6 Å². The Hall–Kier alpha value is -0.521. The van der Waals surface area contributed by atoms with E-state index in [2.05, 4.69) is 18.6 Å². The van der Waals surface area contributed by atoms with Crippen LogP contribution < -0.4 is 5.11 Å². The van der Waals surface area contributed by atoms with Gasteiger partial charge in [-0.1, -0.05) is 0 Å². The largest absolute Gasteiger partial charge is 0.545 e. The molecule has 0 aliphatic rings. The fraction of sp³-hybridized carbons (Fsp3) is 0.818. The first-order valence-electron chi connectivity index (χ1n) is 10.8. The molecule has 0 atom stereocenters. The summed E-state index contributed by atoms with van der Waals surface area (Å²) in [6.45, 7) is 6.46. The molecule has 0 spiro atoms. The predicted molar refractivity (Wildman–Crippen MR) is 113 cm³/mol. The fourth-order valence-corrected chi connectivity index (χ4v) is 6.08. The van der Waals surface area contributed by atoms with E-state index in [0.29, 0.717) is 6.08 Å². The molecule has 0 aromatic rings. The second-order valence-corrected chi connectivity index (χ2v) is 11.0. The number of unbranched alkanes of at least 4 members (excludes halogenated alkanes) is 10. The Balaban J connectivity index is 0. The Morgan fingerprint density at radius 2 is 1.19 bits per heavy atom. The average Bonchev–Trinajstić information content (AvgIpc) is 2.65. The molecular formula is C22H41O4Sn. The number of ether oxygens (including phenoxy) is 1. The van der Waals surface area contributed by atoms with Crippen LogP contribution in [-0.4, -0.2) is 39.7 Å². The van der Waals surface area contributed by atoms with E-state index in [1.165, 1.54) is 64.2 Å². The van der Waals surface area contributed by atoms with Crippen molar-refractivity contribution in [3.05, 3.63) is 12.2 Å². The molecule has 0 aliphatic heterocycles. The fourth-order valence-electron chi connectivity index (χ4n) is 2.51. The molecule has 0 aromatic heterocycles. The number of carboxylic acid groups (broad SMARTS) is 1. The van der Waals surface area contributed by atoms with E-state index in [4.69, 9.17) is 0 Å². The van der Waals surface area contributed by atoms with Gasteiger partial charge in [0.15, 0.2) is 0 Å². The van der Waals surface area contributed by atoms with Crippen molar-refractivity contribution in [1.82, 2.24) is 0 Å². The number of rotatable bonds is 17. The molecular weight excluding hydrogens is 447 g/mol. The van der Waals surface area contributed by atoms with Crippen LogP contribution in [0.25, 0.3) is 0 Å². The van der Waals surface area contributed by atoms with Crippen molar-refractivity contribution in [2.75, 3.05) is 6.61 Å². The van der Waals surface area contributed by atoms with Gasteiger partial charge in [-0.15, -0.1) is 0 Å². The molecule has 0 bridgehead atoms. The maximum absolute atomic E-state index is 10.3. The topological polar surface area (TPSA) is 66.4 Å². The van der Waals surface area contributed by atoms with Gasteiger partial charge in [-0.05, 0) is 13.0 Å². The molecule has 0 heterocycles. The van der Waals surface area contributed by atoms with Crippen LogP contribution in [0.3, 0.4) is 0 Å². The van der Waals surface area contributed by atoms with Gasteiger partial charge in [-0.2, -0.15) is 0 Å². The van der Waals surface area contributed by atoms with Crippen LogP contribution in [0.4, 0.5) is 0 Å². The first kappa shape index (κ1) is 28.7. The molecule has 27 heavy (non-hydrogen) atoms. The Morgan fingerprint density at radius 3 is 1.59 bits per heavy atom. The summed E-state index contributed by atoms with van der Waals surface area (Å²) in [6, 6.07) is 0. The monoisotopic (exact) mass is 489 g/mol. The number of esters is 1. The number of aliphatic carboxylic acids is 1. The Labute approximate surface area is 177 Å². The maximum atomic E-state index is 10.3. The normalized spacial score (nSPS) is 10.3. The molecule has 0 N–H and O–H groups in total. The van der Waals surface area contributed by atoms with E-state index < -0.39 is 11.9 Å². The predicted octanol–water partition coefficient (Wildman–Crippen LogP) is 5.10. The van der Waals surface area contributed by atoms with Crippen molar-refractivity contribution in [3.8, 4) is 0 Å². The summed E-state index contributed by atoms with van der Waals surface area (Å²) in [4.78, 5) is 20.0. The molecule has 0 aliphatic carbocycles. The molecule has 157 valence electrons. The van der Waals surface area contributed by atoms with E-state index in [0.717, 1.165) is 6.08 Å². The molecule has 0 saturated carbocycles. The summed E-state index contributed by atoms with van der Waals surface area (Å²) >= 11 is 0.0736. The number of carboxylic acids is 1. The Kier molecular flexibility index (Phi) is 27.1. The van der Waals surface area contributed by atoms with Crippen molar-refractivity contribution < 1.29 is 19.4 Å². The van der Waals surface area contributed by atoms with Crippen molar-refractivity contribution in [1.29, 1.82) is 0 Å². The number of carbonyl (C=O) groups is 2. The van der Waals surface area contributed by atoms with Crippen molar-refractivity contribution in [2.45, 2.75) is 107 Å². The minimum Gasteiger partial charge on any atom is -0.545 e. The Bertz CT molecular complexity index is 342. The maximum Gasteiger partial charge on any atom is 0.330 e. The molecule has 0 amide bonds. The first-order chi connectivity index (χ1) is 13.1. The number of hydrogen-bond donors (Lipinski definition) is 0. The van der Waals surface area contributed by atoms with Crippen LogP contribution in [0.15, 0.2) is 12.2 Å². The van der Waals surface area contributed by atoms with Crippen LogP contribution in [0, 0.1) is 0 Å². The molecule has 0 saturated heterocycles. The molecule has 0 aromatic carbocycles. The van der Waals surface area contributed by atoms with Gasteiger partial charge in [0.1, 0.15) is 0 Å². The summed E-state index contributed by atoms with van der Waals surface area (Å²) in [7, 11) is 0. The van der Waals surface area contributed by atoms with Gasteiger partial charge in [-0.25, -0.2) is 4.79 Å². The van der Waals surface area contributed by atoms with Gasteiger partial charge in [-0.3, -0.25) is 0 Å². The van der Waals surface area contributed by atoms with Gasteiger partial charge in [0.25, 0.3) is 0 Å². The zero-order valence-corrected chi connectivity index (χ0v) is 20.7. The van der Waals surface area contributed by atoms with Crippen LogP contribution in [0.2, 0.25) is 8.87 Å². The van der Waals surface area contributed by atoms with E-state index in [9.17, 15) is 14.7 Å². The molecule has 0 rings (SSSR count). The van der Waals surface area contributed by atoms with Gasteiger partial charge >= 0.3 is 127 Å². The average molecular weight is 488 g/mol. The second-order valence-electron chi connectivity index (χ2n) is 6.69. The van der Waals surface area contributed by atoms with Crippen LogP contribution in [-0.2, 0) is 14.3 Å². The van der Waals surface area contributed by atoms with Crippen LogP contribution in [0.1, 0.15) is 97.8 Å². The van der Waals surface area contributed by atoms with E-state index in [-0.39, 0.29) is 27.7 Å². The third kappa shape index (κ3) is 30.4. The summed E-state index contributed by atoms with van der Waals surface area (Å²) in [6.07, 6.45) is 19.3. The minimum absolute atomic E-state index is 0.0736.